The van der Waals surface area contributed by atoms with Gasteiger partial charge >= 0.3 is 0 Å². The van der Waals surface area contributed by atoms with Gasteiger partial charge in [0.05, 0.1) is 36.8 Å². The summed E-state index contributed by atoms with van der Waals surface area (Å²) in [5.74, 6) is 0.254. The Morgan fingerprint density at radius 2 is 1.87 bits per heavy atom. The van der Waals surface area contributed by atoms with Crippen molar-refractivity contribution in [3.8, 4) is 5.75 Å². The van der Waals surface area contributed by atoms with Gasteiger partial charge in [0.15, 0.2) is 5.11 Å². The summed E-state index contributed by atoms with van der Waals surface area (Å²) in [4.78, 5) is 23.5. The molecule has 1 fully saturated rings. The summed E-state index contributed by atoms with van der Waals surface area (Å²) >= 11 is 5.88. The van der Waals surface area contributed by atoms with Crippen LogP contribution in [0.25, 0.3) is 0 Å². The van der Waals surface area contributed by atoms with E-state index in [1.807, 2.05) is 66.9 Å². The summed E-state index contributed by atoms with van der Waals surface area (Å²) in [5.41, 5.74) is 4.19. The molecule has 2 N–H and O–H groups in total. The molecule has 0 saturated carbocycles. The molecule has 1 aliphatic rings. The fourth-order valence-corrected chi connectivity index (χ4v) is 5.05. The van der Waals surface area contributed by atoms with Crippen molar-refractivity contribution in [3.63, 3.8) is 0 Å². The lowest BCUT2D eigenvalue weighted by Crippen LogP contribution is -2.30. The highest BCUT2D eigenvalue weighted by atomic mass is 32.1. The molecule has 4 aromatic rings. The zero-order chi connectivity index (χ0) is 26.5. The molecule has 0 bridgehead atoms. The second kappa shape index (κ2) is 11.4. The largest absolute Gasteiger partial charge is 0.495 e. The molecule has 1 aromatic carbocycles. The molecule has 1 amide bonds. The van der Waals surface area contributed by atoms with E-state index in [-0.39, 0.29) is 24.6 Å². The third-order valence-corrected chi connectivity index (χ3v) is 6.65. The van der Waals surface area contributed by atoms with E-state index in [0.29, 0.717) is 23.1 Å². The molecule has 1 saturated heterocycles. The first-order valence-electron chi connectivity index (χ1n) is 12.1. The van der Waals surface area contributed by atoms with Crippen LogP contribution in [0, 0.1) is 0 Å². The van der Waals surface area contributed by atoms with Gasteiger partial charge in [-0.3, -0.25) is 14.8 Å². The minimum atomic E-state index is -0.280. The van der Waals surface area contributed by atoms with Gasteiger partial charge in [-0.25, -0.2) is 0 Å². The summed E-state index contributed by atoms with van der Waals surface area (Å²) in [6.45, 7) is 0.540. The highest BCUT2D eigenvalue weighted by Gasteiger charge is 2.42. The van der Waals surface area contributed by atoms with Crippen molar-refractivity contribution in [1.82, 2.24) is 19.9 Å². The normalized spacial score (nSPS) is 16.8. The topological polar surface area (TPSA) is 93.5 Å². The first-order chi connectivity index (χ1) is 18.6. The number of anilines is 2. The summed E-state index contributed by atoms with van der Waals surface area (Å²) in [5, 5.41) is 6.91. The van der Waals surface area contributed by atoms with Gasteiger partial charge in [-0.15, -0.1) is 0 Å². The number of nitrogens with zero attached hydrogens (tertiary/aromatic N) is 4. The SMILES string of the molecule is COCC(=O)Nc1cc(N2C(=S)NC(c3ccccn3)C2c2cccn2Cc2ccccn2)ccc1OC. The Hall–Kier alpha value is -4.28. The van der Waals surface area contributed by atoms with Crippen LogP contribution in [0.1, 0.15) is 29.2 Å². The van der Waals surface area contributed by atoms with Crippen LogP contribution in [0.5, 0.6) is 5.75 Å². The molecule has 0 aliphatic carbocycles. The van der Waals surface area contributed by atoms with Crippen molar-refractivity contribution < 1.29 is 14.3 Å². The molecule has 2 unspecified atom stereocenters. The molecule has 0 spiro atoms. The number of amides is 1. The first-order valence-corrected chi connectivity index (χ1v) is 12.5. The van der Waals surface area contributed by atoms with Crippen LogP contribution in [0.3, 0.4) is 0 Å². The van der Waals surface area contributed by atoms with Crippen molar-refractivity contribution in [3.05, 3.63) is 102 Å². The average Bonchev–Trinajstić information content (AvgIpc) is 3.53. The fraction of sp³-hybridized carbons (Fsp3) is 0.214. The molecular weight excluding hydrogens is 500 g/mol. The van der Waals surface area contributed by atoms with Gasteiger partial charge in [0.25, 0.3) is 0 Å². The summed E-state index contributed by atoms with van der Waals surface area (Å²) < 4.78 is 12.7. The summed E-state index contributed by atoms with van der Waals surface area (Å²) in [7, 11) is 3.04. The van der Waals surface area contributed by atoms with E-state index in [1.54, 1.807) is 19.5 Å². The molecule has 3 aromatic heterocycles. The lowest BCUT2D eigenvalue weighted by Gasteiger charge is -2.29. The van der Waals surface area contributed by atoms with E-state index in [1.165, 1.54) is 7.11 Å². The Balaban J connectivity index is 1.58. The second-order valence-corrected chi connectivity index (χ2v) is 9.13. The van der Waals surface area contributed by atoms with Gasteiger partial charge in [-0.2, -0.15) is 0 Å². The maximum Gasteiger partial charge on any atom is 0.250 e. The fourth-order valence-electron chi connectivity index (χ4n) is 4.70. The van der Waals surface area contributed by atoms with Crippen LogP contribution in [0.2, 0.25) is 0 Å². The van der Waals surface area contributed by atoms with Gasteiger partial charge < -0.3 is 29.6 Å². The number of aromatic nitrogens is 3. The average molecular weight is 529 g/mol. The Morgan fingerprint density at radius 1 is 1.05 bits per heavy atom. The number of ether oxygens (including phenoxy) is 2. The molecule has 9 nitrogen and oxygen atoms in total. The number of benzene rings is 1. The van der Waals surface area contributed by atoms with Crippen LogP contribution in [-0.4, -0.2) is 46.4 Å². The monoisotopic (exact) mass is 528 g/mol. The number of methoxy groups -OCH3 is 2. The molecule has 38 heavy (non-hydrogen) atoms. The van der Waals surface area contributed by atoms with Crippen molar-refractivity contribution >= 4 is 34.6 Å². The predicted molar refractivity (Wildman–Crippen MR) is 149 cm³/mol. The Morgan fingerprint density at radius 3 is 2.58 bits per heavy atom. The molecule has 5 rings (SSSR count). The minimum Gasteiger partial charge on any atom is -0.495 e. The molecular formula is C28H28N6O3S. The molecule has 194 valence electrons. The second-order valence-electron chi connectivity index (χ2n) is 8.74. The van der Waals surface area contributed by atoms with Crippen LogP contribution >= 0.6 is 12.2 Å². The van der Waals surface area contributed by atoms with E-state index in [2.05, 4.69) is 36.1 Å². The number of pyridine rings is 2. The van der Waals surface area contributed by atoms with E-state index in [4.69, 9.17) is 21.7 Å². The number of thiocarbonyl (C=S) groups is 1. The van der Waals surface area contributed by atoms with E-state index < -0.39 is 0 Å². The number of nitrogens with one attached hydrogen (secondary N) is 2. The Kier molecular flexibility index (Phi) is 7.62. The maximum atomic E-state index is 12.3. The minimum absolute atomic E-state index is 0.0670. The van der Waals surface area contributed by atoms with Crippen LogP contribution in [0.4, 0.5) is 11.4 Å². The maximum absolute atomic E-state index is 12.3. The number of rotatable bonds is 9. The molecule has 2 atom stereocenters. The number of carbonyl (C=O) groups excluding carboxylic acids is 1. The van der Waals surface area contributed by atoms with Crippen molar-refractivity contribution in [2.24, 2.45) is 0 Å². The van der Waals surface area contributed by atoms with Crippen molar-refractivity contribution in [1.29, 1.82) is 0 Å². The van der Waals surface area contributed by atoms with E-state index in [9.17, 15) is 4.79 Å². The molecule has 0 radical (unpaired) electrons. The summed E-state index contributed by atoms with van der Waals surface area (Å²) in [6, 6.07) is 21.0. The predicted octanol–water partition coefficient (Wildman–Crippen LogP) is 4.10. The highest BCUT2D eigenvalue weighted by Crippen LogP contribution is 2.43. The van der Waals surface area contributed by atoms with Crippen LogP contribution in [-0.2, 0) is 16.1 Å². The van der Waals surface area contributed by atoms with E-state index >= 15 is 0 Å². The molecule has 10 heteroatoms. The van der Waals surface area contributed by atoms with E-state index in [0.717, 1.165) is 22.8 Å². The third-order valence-electron chi connectivity index (χ3n) is 6.34. The van der Waals surface area contributed by atoms with Gasteiger partial charge in [0, 0.05) is 37.1 Å². The quantitative estimate of drug-likeness (QED) is 0.314. The first kappa shape index (κ1) is 25.4. The molecule has 4 heterocycles. The molecule has 1 aliphatic heterocycles. The Bertz CT molecular complexity index is 1410. The zero-order valence-corrected chi connectivity index (χ0v) is 21.9. The number of hydrogen-bond acceptors (Lipinski definition) is 6. The van der Waals surface area contributed by atoms with Gasteiger partial charge in [-0.05, 0) is 66.8 Å². The smallest absolute Gasteiger partial charge is 0.250 e. The van der Waals surface area contributed by atoms with Gasteiger partial charge in [-0.1, -0.05) is 12.1 Å². The van der Waals surface area contributed by atoms with Crippen LogP contribution < -0.4 is 20.3 Å². The van der Waals surface area contributed by atoms with Crippen molar-refractivity contribution in [2.45, 2.75) is 18.6 Å². The van der Waals surface area contributed by atoms with Crippen molar-refractivity contribution in [2.75, 3.05) is 31.0 Å². The van der Waals surface area contributed by atoms with Gasteiger partial charge in [0.1, 0.15) is 18.4 Å². The van der Waals surface area contributed by atoms with Gasteiger partial charge in [0.2, 0.25) is 5.91 Å². The van der Waals surface area contributed by atoms with Crippen LogP contribution in [0.15, 0.2) is 85.3 Å². The lowest BCUT2D eigenvalue weighted by molar-refractivity contribution is -0.119. The highest BCUT2D eigenvalue weighted by molar-refractivity contribution is 7.80. The standard InChI is InChI=1S/C28H28N6O3S/c1-36-18-25(35)31-22-16-20(11-12-24(22)37-2)34-27(26(32-28(34)38)21-9-4-6-14-30-21)23-10-7-15-33(23)17-19-8-3-5-13-29-19/h3-16,26-27H,17-18H2,1-2H3,(H,31,35)(H,32,38). The third kappa shape index (κ3) is 5.22. The zero-order valence-electron chi connectivity index (χ0n) is 21.1. The lowest BCUT2D eigenvalue weighted by atomic mass is 10.0. The Labute approximate surface area is 226 Å². The number of carbonyl (C=O) groups is 1. The summed E-state index contributed by atoms with van der Waals surface area (Å²) in [6.07, 6.45) is 5.62. The number of hydrogen-bond donors (Lipinski definition) is 2.